The number of hydrogen-bond acceptors (Lipinski definition) is 8. The molecule has 0 unspecified atom stereocenters. The van der Waals surface area contributed by atoms with Gasteiger partial charge < -0.3 is 20.9 Å². The van der Waals surface area contributed by atoms with Crippen LogP contribution in [0.15, 0.2) is 72.9 Å². The molecule has 8 nitrogen and oxygen atoms in total. The number of aromatic nitrogens is 3. The summed E-state index contributed by atoms with van der Waals surface area (Å²) >= 11 is 0. The third kappa shape index (κ3) is 4.93. The molecule has 2 heterocycles. The van der Waals surface area contributed by atoms with E-state index in [9.17, 15) is 5.11 Å². The largest absolute Gasteiger partial charge is 0.457 e. The highest BCUT2D eigenvalue weighted by atomic mass is 16.5. The summed E-state index contributed by atoms with van der Waals surface area (Å²) in [5, 5.41) is 21.5. The van der Waals surface area contributed by atoms with Gasteiger partial charge in [0.2, 0.25) is 5.95 Å². The fourth-order valence-electron chi connectivity index (χ4n) is 2.93. The second-order valence-corrected chi connectivity index (χ2v) is 6.60. The van der Waals surface area contributed by atoms with E-state index in [1.54, 1.807) is 30.3 Å². The van der Waals surface area contributed by atoms with Crippen molar-refractivity contribution in [1.82, 2.24) is 15.0 Å². The Morgan fingerprint density at radius 3 is 2.61 bits per heavy atom. The molecule has 4 rings (SSSR count). The van der Waals surface area contributed by atoms with Crippen LogP contribution in [0.4, 0.5) is 17.5 Å². The van der Waals surface area contributed by atoms with E-state index in [1.165, 1.54) is 6.20 Å². The predicted molar refractivity (Wildman–Crippen MR) is 117 cm³/mol. The van der Waals surface area contributed by atoms with Crippen LogP contribution in [0.3, 0.4) is 0 Å². The molecule has 4 aromatic rings. The van der Waals surface area contributed by atoms with Crippen molar-refractivity contribution >= 4 is 17.5 Å². The lowest BCUT2D eigenvalue weighted by atomic mass is 10.1. The normalized spacial score (nSPS) is 10.3. The SMILES string of the molecule is N#Cc1cc(Oc2ccc(Nc3cc(-c4cccc(CO)c4)nc(N)n3)cc2)ccn1. The lowest BCUT2D eigenvalue weighted by Gasteiger charge is -2.10. The molecule has 0 amide bonds. The van der Waals surface area contributed by atoms with Gasteiger partial charge in [0, 0.05) is 29.6 Å². The van der Waals surface area contributed by atoms with Crippen molar-refractivity contribution in [2.75, 3.05) is 11.1 Å². The number of aliphatic hydroxyl groups is 1. The van der Waals surface area contributed by atoms with Gasteiger partial charge in [0.1, 0.15) is 29.1 Å². The maximum Gasteiger partial charge on any atom is 0.222 e. The van der Waals surface area contributed by atoms with Gasteiger partial charge in [-0.1, -0.05) is 18.2 Å². The highest BCUT2D eigenvalue weighted by Gasteiger charge is 2.07. The number of anilines is 3. The van der Waals surface area contributed by atoms with E-state index >= 15 is 0 Å². The Labute approximate surface area is 178 Å². The van der Waals surface area contributed by atoms with Crippen LogP contribution in [-0.2, 0) is 6.61 Å². The van der Waals surface area contributed by atoms with E-state index in [0.717, 1.165) is 16.8 Å². The number of rotatable bonds is 6. The predicted octanol–water partition coefficient (Wildman–Crippen LogP) is 4.02. The molecule has 0 saturated heterocycles. The van der Waals surface area contributed by atoms with Crippen molar-refractivity contribution in [2.45, 2.75) is 6.61 Å². The summed E-state index contributed by atoms with van der Waals surface area (Å²) in [5.74, 6) is 1.83. The number of hydrogen-bond donors (Lipinski definition) is 3. The first-order valence-electron chi connectivity index (χ1n) is 9.39. The van der Waals surface area contributed by atoms with Crippen LogP contribution >= 0.6 is 0 Å². The second kappa shape index (κ2) is 8.90. The van der Waals surface area contributed by atoms with Gasteiger partial charge in [0.25, 0.3) is 0 Å². The summed E-state index contributed by atoms with van der Waals surface area (Å²) in [5.41, 5.74) is 9.24. The number of benzene rings is 2. The molecule has 2 aromatic heterocycles. The molecule has 8 heteroatoms. The summed E-state index contributed by atoms with van der Waals surface area (Å²) in [4.78, 5) is 12.5. The molecule has 31 heavy (non-hydrogen) atoms. The highest BCUT2D eigenvalue weighted by molar-refractivity contribution is 5.67. The Bertz CT molecular complexity index is 1250. The van der Waals surface area contributed by atoms with E-state index in [4.69, 9.17) is 15.7 Å². The van der Waals surface area contributed by atoms with Crippen LogP contribution in [0.5, 0.6) is 11.5 Å². The minimum Gasteiger partial charge on any atom is -0.457 e. The Hall–Kier alpha value is -4.48. The molecule has 4 N–H and O–H groups in total. The molecular formula is C23H18N6O2. The van der Waals surface area contributed by atoms with Gasteiger partial charge in [0.05, 0.1) is 12.3 Å². The van der Waals surface area contributed by atoms with E-state index in [-0.39, 0.29) is 18.2 Å². The van der Waals surface area contributed by atoms with Gasteiger partial charge in [-0.2, -0.15) is 10.2 Å². The maximum absolute atomic E-state index is 9.36. The summed E-state index contributed by atoms with van der Waals surface area (Å²) in [6.45, 7) is -0.0503. The molecule has 0 bridgehead atoms. The number of nitrogens with two attached hydrogens (primary N) is 1. The van der Waals surface area contributed by atoms with E-state index < -0.39 is 0 Å². The first kappa shape index (κ1) is 19.8. The van der Waals surface area contributed by atoms with Crippen molar-refractivity contribution in [3.63, 3.8) is 0 Å². The first-order valence-corrected chi connectivity index (χ1v) is 9.39. The zero-order chi connectivity index (χ0) is 21.6. The van der Waals surface area contributed by atoms with Crippen LogP contribution in [-0.4, -0.2) is 20.1 Å². The third-order valence-corrected chi connectivity index (χ3v) is 4.36. The van der Waals surface area contributed by atoms with Gasteiger partial charge in [-0.3, -0.25) is 0 Å². The van der Waals surface area contributed by atoms with Crippen molar-refractivity contribution in [3.8, 4) is 28.8 Å². The first-order chi connectivity index (χ1) is 15.1. The van der Waals surface area contributed by atoms with Crippen LogP contribution in [0.2, 0.25) is 0 Å². The number of pyridine rings is 1. The fraction of sp³-hybridized carbons (Fsp3) is 0.0435. The second-order valence-electron chi connectivity index (χ2n) is 6.60. The van der Waals surface area contributed by atoms with Crippen LogP contribution < -0.4 is 15.8 Å². The average molecular weight is 410 g/mol. The zero-order valence-electron chi connectivity index (χ0n) is 16.4. The molecule has 0 spiro atoms. The molecular weight excluding hydrogens is 392 g/mol. The van der Waals surface area contributed by atoms with Crippen LogP contribution in [0.25, 0.3) is 11.3 Å². The summed E-state index contributed by atoms with van der Waals surface area (Å²) in [7, 11) is 0. The fourth-order valence-corrected chi connectivity index (χ4v) is 2.93. The lowest BCUT2D eigenvalue weighted by molar-refractivity contribution is 0.282. The van der Waals surface area contributed by atoms with Gasteiger partial charge in [-0.25, -0.2) is 9.97 Å². The molecule has 0 aliphatic rings. The number of ether oxygens (including phenoxy) is 1. The zero-order valence-corrected chi connectivity index (χ0v) is 16.4. The monoisotopic (exact) mass is 410 g/mol. The number of nitrogens with zero attached hydrogens (tertiary/aromatic N) is 4. The number of nitrogens with one attached hydrogen (secondary N) is 1. The van der Waals surface area contributed by atoms with E-state index in [0.29, 0.717) is 23.0 Å². The van der Waals surface area contributed by atoms with Crippen molar-refractivity contribution in [1.29, 1.82) is 5.26 Å². The highest BCUT2D eigenvalue weighted by Crippen LogP contribution is 2.26. The van der Waals surface area contributed by atoms with Crippen molar-refractivity contribution < 1.29 is 9.84 Å². The maximum atomic E-state index is 9.36. The molecule has 0 radical (unpaired) electrons. The summed E-state index contributed by atoms with van der Waals surface area (Å²) in [6, 6.07) is 21.7. The number of nitrogen functional groups attached to an aromatic ring is 1. The van der Waals surface area contributed by atoms with Gasteiger partial charge in [-0.05, 0) is 42.0 Å². The minimum atomic E-state index is -0.0503. The Morgan fingerprint density at radius 1 is 1.00 bits per heavy atom. The standard InChI is InChI=1S/C23H18N6O2/c24-13-18-11-20(8-9-26-18)31-19-6-4-17(5-7-19)27-22-12-21(28-23(25)29-22)16-3-1-2-15(10-16)14-30/h1-12,30H,14H2,(H3,25,27,28,29). The van der Waals surface area contributed by atoms with Crippen molar-refractivity contribution in [3.05, 3.63) is 84.2 Å². The summed E-state index contributed by atoms with van der Waals surface area (Å²) < 4.78 is 5.76. The Balaban J connectivity index is 1.51. The Morgan fingerprint density at radius 2 is 1.84 bits per heavy atom. The van der Waals surface area contributed by atoms with Crippen LogP contribution in [0, 0.1) is 11.3 Å². The summed E-state index contributed by atoms with van der Waals surface area (Å²) in [6.07, 6.45) is 1.52. The molecule has 0 fully saturated rings. The molecule has 2 aromatic carbocycles. The number of aliphatic hydroxyl groups excluding tert-OH is 1. The lowest BCUT2D eigenvalue weighted by Crippen LogP contribution is -2.01. The van der Waals surface area contributed by atoms with Gasteiger partial charge in [0.15, 0.2) is 0 Å². The van der Waals surface area contributed by atoms with E-state index in [2.05, 4.69) is 20.3 Å². The third-order valence-electron chi connectivity index (χ3n) is 4.36. The quantitative estimate of drug-likeness (QED) is 0.434. The Kier molecular flexibility index (Phi) is 5.69. The molecule has 0 atom stereocenters. The van der Waals surface area contributed by atoms with Crippen molar-refractivity contribution in [2.24, 2.45) is 0 Å². The average Bonchev–Trinajstić information content (AvgIpc) is 2.80. The molecule has 152 valence electrons. The van der Waals surface area contributed by atoms with E-state index in [1.807, 2.05) is 42.5 Å². The molecule has 0 aliphatic carbocycles. The molecule has 0 aliphatic heterocycles. The smallest absolute Gasteiger partial charge is 0.222 e. The van der Waals surface area contributed by atoms with Crippen LogP contribution in [0.1, 0.15) is 11.3 Å². The minimum absolute atomic E-state index is 0.0503. The number of nitriles is 1. The topological polar surface area (TPSA) is 130 Å². The molecule has 0 saturated carbocycles. The van der Waals surface area contributed by atoms with Gasteiger partial charge >= 0.3 is 0 Å². The van der Waals surface area contributed by atoms with Gasteiger partial charge in [-0.15, -0.1) is 0 Å².